The molecule has 1 heterocycles. The zero-order chi connectivity index (χ0) is 17.4. The molecule has 23 heavy (non-hydrogen) atoms. The molecule has 1 aliphatic rings. The van der Waals surface area contributed by atoms with E-state index in [2.05, 4.69) is 5.32 Å². The van der Waals surface area contributed by atoms with Crippen LogP contribution in [0.5, 0.6) is 0 Å². The van der Waals surface area contributed by atoms with Gasteiger partial charge in [0, 0.05) is 25.7 Å². The summed E-state index contributed by atoms with van der Waals surface area (Å²) in [4.78, 5) is 1.68. The zero-order valence-electron chi connectivity index (χ0n) is 13.3. The Bertz CT molecular complexity index is 672. The Labute approximate surface area is 134 Å². The van der Waals surface area contributed by atoms with E-state index in [4.69, 9.17) is 0 Å². The Morgan fingerprint density at radius 3 is 2.48 bits per heavy atom. The maximum absolute atomic E-state index is 13.0. The van der Waals surface area contributed by atoms with E-state index in [1.54, 1.807) is 4.90 Å². The second kappa shape index (κ2) is 6.32. The van der Waals surface area contributed by atoms with Gasteiger partial charge in [-0.15, -0.1) is 0 Å². The fourth-order valence-electron chi connectivity index (χ4n) is 2.59. The van der Waals surface area contributed by atoms with Crippen LogP contribution in [0.15, 0.2) is 23.1 Å². The van der Waals surface area contributed by atoms with Gasteiger partial charge in [-0.05, 0) is 39.0 Å². The van der Waals surface area contributed by atoms with Crippen molar-refractivity contribution in [2.24, 2.45) is 0 Å². The van der Waals surface area contributed by atoms with Gasteiger partial charge >= 0.3 is 6.18 Å². The molecular weight excluding hydrogens is 329 g/mol. The van der Waals surface area contributed by atoms with Crippen LogP contribution in [0.3, 0.4) is 0 Å². The molecule has 1 aromatic rings. The van der Waals surface area contributed by atoms with Crippen molar-refractivity contribution in [1.29, 1.82) is 0 Å². The van der Waals surface area contributed by atoms with Gasteiger partial charge in [0.2, 0.25) is 0 Å². The minimum absolute atomic E-state index is 0.0328. The highest BCUT2D eigenvalue weighted by Gasteiger charge is 2.34. The SMILES string of the molecule is CC1CN(c2cc(C(F)(F)F)ccc2S(=O)(=O)C(C)C)CCN1. The first-order chi connectivity index (χ1) is 10.5. The molecule has 1 unspecified atom stereocenters. The zero-order valence-corrected chi connectivity index (χ0v) is 14.1. The van der Waals surface area contributed by atoms with Crippen LogP contribution >= 0.6 is 0 Å². The van der Waals surface area contributed by atoms with Crippen molar-refractivity contribution in [3.8, 4) is 0 Å². The van der Waals surface area contributed by atoms with Gasteiger partial charge in [0.15, 0.2) is 9.84 Å². The molecular formula is C15H21F3N2O2S. The van der Waals surface area contributed by atoms with Crippen LogP contribution in [-0.4, -0.2) is 39.3 Å². The topological polar surface area (TPSA) is 49.4 Å². The smallest absolute Gasteiger partial charge is 0.368 e. The number of rotatable bonds is 3. The minimum atomic E-state index is -4.51. The van der Waals surface area contributed by atoms with Crippen LogP contribution in [0.4, 0.5) is 18.9 Å². The quantitative estimate of drug-likeness (QED) is 0.911. The maximum atomic E-state index is 13.0. The molecule has 0 bridgehead atoms. The lowest BCUT2D eigenvalue weighted by atomic mass is 10.1. The molecule has 0 aromatic heterocycles. The van der Waals surface area contributed by atoms with E-state index in [-0.39, 0.29) is 16.6 Å². The van der Waals surface area contributed by atoms with E-state index in [1.165, 1.54) is 13.8 Å². The molecule has 1 saturated heterocycles. The summed E-state index contributed by atoms with van der Waals surface area (Å²) in [5.41, 5.74) is -0.691. The second-order valence-electron chi connectivity index (χ2n) is 6.08. The summed E-state index contributed by atoms with van der Waals surface area (Å²) in [6.45, 7) is 6.48. The molecule has 1 atom stereocenters. The first-order valence-corrected chi connectivity index (χ1v) is 9.01. The summed E-state index contributed by atoms with van der Waals surface area (Å²) in [6.07, 6.45) is -4.51. The van der Waals surface area contributed by atoms with E-state index in [1.807, 2.05) is 6.92 Å². The average molecular weight is 350 g/mol. The lowest BCUT2D eigenvalue weighted by Gasteiger charge is -2.35. The molecule has 1 aliphatic heterocycles. The number of anilines is 1. The monoisotopic (exact) mass is 350 g/mol. The Kier molecular flexibility index (Phi) is 4.96. The summed E-state index contributed by atoms with van der Waals surface area (Å²) < 4.78 is 64.1. The molecule has 0 spiro atoms. The Balaban J connectivity index is 2.58. The van der Waals surface area contributed by atoms with Crippen LogP contribution in [-0.2, 0) is 16.0 Å². The van der Waals surface area contributed by atoms with Gasteiger partial charge in [0.05, 0.1) is 21.4 Å². The number of benzene rings is 1. The number of hydrogen-bond donors (Lipinski definition) is 1. The first kappa shape index (κ1) is 18.1. The molecule has 4 nitrogen and oxygen atoms in total. The Hall–Kier alpha value is -1.28. The third-order valence-electron chi connectivity index (χ3n) is 3.92. The molecule has 130 valence electrons. The van der Waals surface area contributed by atoms with Crippen LogP contribution in [0.1, 0.15) is 26.3 Å². The average Bonchev–Trinajstić information content (AvgIpc) is 2.45. The lowest BCUT2D eigenvalue weighted by Crippen LogP contribution is -2.49. The number of sulfone groups is 1. The third kappa shape index (κ3) is 3.80. The van der Waals surface area contributed by atoms with E-state index in [0.717, 1.165) is 18.2 Å². The van der Waals surface area contributed by atoms with Gasteiger partial charge in [-0.3, -0.25) is 0 Å². The molecule has 0 amide bonds. The van der Waals surface area contributed by atoms with E-state index in [9.17, 15) is 21.6 Å². The van der Waals surface area contributed by atoms with Crippen molar-refractivity contribution >= 4 is 15.5 Å². The van der Waals surface area contributed by atoms with Crippen molar-refractivity contribution in [3.63, 3.8) is 0 Å². The molecule has 1 N–H and O–H groups in total. The predicted molar refractivity (Wildman–Crippen MR) is 83.4 cm³/mol. The predicted octanol–water partition coefficient (Wildman–Crippen LogP) is 2.69. The third-order valence-corrected chi connectivity index (χ3v) is 6.12. The molecule has 1 fully saturated rings. The lowest BCUT2D eigenvalue weighted by molar-refractivity contribution is -0.137. The number of nitrogens with zero attached hydrogens (tertiary/aromatic N) is 1. The van der Waals surface area contributed by atoms with Gasteiger partial charge in [-0.2, -0.15) is 13.2 Å². The number of nitrogens with one attached hydrogen (secondary N) is 1. The molecule has 2 rings (SSSR count). The van der Waals surface area contributed by atoms with Gasteiger partial charge < -0.3 is 10.2 Å². The van der Waals surface area contributed by atoms with Gasteiger partial charge in [0.25, 0.3) is 0 Å². The first-order valence-electron chi connectivity index (χ1n) is 7.47. The van der Waals surface area contributed by atoms with Crippen molar-refractivity contribution < 1.29 is 21.6 Å². The van der Waals surface area contributed by atoms with E-state index in [0.29, 0.717) is 19.6 Å². The van der Waals surface area contributed by atoms with Gasteiger partial charge in [-0.25, -0.2) is 8.42 Å². The van der Waals surface area contributed by atoms with Gasteiger partial charge in [-0.1, -0.05) is 0 Å². The van der Waals surface area contributed by atoms with E-state index < -0.39 is 26.8 Å². The number of hydrogen-bond acceptors (Lipinski definition) is 4. The fourth-order valence-corrected chi connectivity index (χ4v) is 3.83. The largest absolute Gasteiger partial charge is 0.416 e. The number of piperazine rings is 1. The van der Waals surface area contributed by atoms with Crippen molar-refractivity contribution in [3.05, 3.63) is 23.8 Å². The summed E-state index contributed by atoms with van der Waals surface area (Å²) >= 11 is 0. The molecule has 0 aliphatic carbocycles. The Morgan fingerprint density at radius 2 is 1.96 bits per heavy atom. The van der Waals surface area contributed by atoms with Crippen molar-refractivity contribution in [2.75, 3.05) is 24.5 Å². The molecule has 0 radical (unpaired) electrons. The summed E-state index contributed by atoms with van der Waals surface area (Å²) in [6, 6.07) is 2.95. The normalized spacial score (nSPS) is 20.1. The molecule has 1 aromatic carbocycles. The molecule has 0 saturated carbocycles. The maximum Gasteiger partial charge on any atom is 0.416 e. The number of halogens is 3. The summed E-state index contributed by atoms with van der Waals surface area (Å²) in [5, 5.41) is 2.50. The highest BCUT2D eigenvalue weighted by molar-refractivity contribution is 7.92. The summed E-state index contributed by atoms with van der Waals surface area (Å²) in [5.74, 6) is 0. The fraction of sp³-hybridized carbons (Fsp3) is 0.600. The highest BCUT2D eigenvalue weighted by atomic mass is 32.2. The van der Waals surface area contributed by atoms with Crippen molar-refractivity contribution in [1.82, 2.24) is 5.32 Å². The standard InChI is InChI=1S/C15H21F3N2O2S/c1-10(2)23(21,22)14-5-4-12(15(16,17)18)8-13(14)20-7-6-19-11(3)9-20/h4-5,8,10-11,19H,6-7,9H2,1-3H3. The summed E-state index contributed by atoms with van der Waals surface area (Å²) in [7, 11) is -3.67. The van der Waals surface area contributed by atoms with Crippen LogP contribution in [0, 0.1) is 0 Å². The van der Waals surface area contributed by atoms with Crippen molar-refractivity contribution in [2.45, 2.75) is 43.1 Å². The van der Waals surface area contributed by atoms with Crippen LogP contribution in [0.2, 0.25) is 0 Å². The second-order valence-corrected chi connectivity index (χ2v) is 8.55. The van der Waals surface area contributed by atoms with Crippen LogP contribution < -0.4 is 10.2 Å². The van der Waals surface area contributed by atoms with Crippen LogP contribution in [0.25, 0.3) is 0 Å². The van der Waals surface area contributed by atoms with E-state index >= 15 is 0 Å². The highest BCUT2D eigenvalue weighted by Crippen LogP contribution is 2.36. The van der Waals surface area contributed by atoms with Gasteiger partial charge in [0.1, 0.15) is 0 Å². The molecule has 8 heteroatoms. The minimum Gasteiger partial charge on any atom is -0.368 e. The Morgan fingerprint density at radius 1 is 1.30 bits per heavy atom. The number of alkyl halides is 3.